The van der Waals surface area contributed by atoms with Crippen LogP contribution in [-0.4, -0.2) is 20.2 Å². The summed E-state index contributed by atoms with van der Waals surface area (Å²) in [6.45, 7) is 6.25. The molecule has 6 rings (SSSR count). The molecule has 0 bridgehead atoms. The first-order chi connectivity index (χ1) is 17.2. The Kier molecular flexibility index (Phi) is 5.19. The number of rotatable bonds is 3. The number of allylic oxidation sites excluding steroid dienone is 9. The van der Waals surface area contributed by atoms with Crippen molar-refractivity contribution in [2.24, 2.45) is 4.99 Å². The minimum Gasteiger partial charge on any atom is -0.297 e. The van der Waals surface area contributed by atoms with Crippen molar-refractivity contribution in [2.75, 3.05) is 0 Å². The zero-order valence-electron chi connectivity index (χ0n) is 19.5. The van der Waals surface area contributed by atoms with E-state index in [4.69, 9.17) is 9.98 Å². The maximum absolute atomic E-state index is 4.81. The van der Waals surface area contributed by atoms with Gasteiger partial charge in [0.05, 0.1) is 16.9 Å². The van der Waals surface area contributed by atoms with Crippen LogP contribution in [0.2, 0.25) is 0 Å². The fourth-order valence-corrected chi connectivity index (χ4v) is 4.67. The van der Waals surface area contributed by atoms with E-state index in [9.17, 15) is 0 Å². The van der Waals surface area contributed by atoms with Crippen molar-refractivity contribution in [1.82, 2.24) is 14.5 Å². The molecule has 3 heterocycles. The molecule has 4 nitrogen and oxygen atoms in total. The highest BCUT2D eigenvalue weighted by molar-refractivity contribution is 6.17. The third-order valence-electron chi connectivity index (χ3n) is 6.46. The monoisotopic (exact) mass is 452 g/mol. The number of fused-ring (bicyclic) bond motifs is 4. The van der Waals surface area contributed by atoms with E-state index in [1.165, 1.54) is 11.1 Å². The summed E-state index contributed by atoms with van der Waals surface area (Å²) in [5.74, 6) is 0. The first kappa shape index (κ1) is 21.0. The van der Waals surface area contributed by atoms with Gasteiger partial charge in [-0.05, 0) is 60.0 Å². The molecule has 0 amide bonds. The maximum Gasteiger partial charge on any atom is 0.145 e. The minimum atomic E-state index is 0.811. The molecule has 0 saturated heterocycles. The molecule has 4 aromatic rings. The third kappa shape index (κ3) is 3.69. The average molecular weight is 453 g/mol. The third-order valence-corrected chi connectivity index (χ3v) is 6.46. The van der Waals surface area contributed by atoms with Gasteiger partial charge in [0.2, 0.25) is 0 Å². The number of aromatic nitrogens is 3. The Morgan fingerprint density at radius 1 is 1.00 bits per heavy atom. The molecular formula is C31H24N4. The maximum atomic E-state index is 4.81. The van der Waals surface area contributed by atoms with E-state index in [2.05, 4.69) is 77.7 Å². The van der Waals surface area contributed by atoms with Crippen molar-refractivity contribution in [3.63, 3.8) is 0 Å². The first-order valence-corrected chi connectivity index (χ1v) is 11.7. The second-order valence-electron chi connectivity index (χ2n) is 8.71. The number of hydrogen-bond donors (Lipinski definition) is 0. The molecule has 2 aliphatic rings. The van der Waals surface area contributed by atoms with Gasteiger partial charge in [0, 0.05) is 47.0 Å². The summed E-state index contributed by atoms with van der Waals surface area (Å²) < 4.78 is 2.27. The van der Waals surface area contributed by atoms with E-state index in [1.807, 2.05) is 42.7 Å². The van der Waals surface area contributed by atoms with Crippen LogP contribution in [0.1, 0.15) is 30.2 Å². The Morgan fingerprint density at radius 3 is 2.83 bits per heavy atom. The van der Waals surface area contributed by atoms with Crippen molar-refractivity contribution >= 4 is 45.0 Å². The van der Waals surface area contributed by atoms with Crippen LogP contribution in [-0.2, 0) is 0 Å². The van der Waals surface area contributed by atoms with Crippen molar-refractivity contribution in [1.29, 1.82) is 0 Å². The van der Waals surface area contributed by atoms with Crippen LogP contribution >= 0.6 is 0 Å². The Bertz CT molecular complexity index is 1690. The molecule has 0 aliphatic heterocycles. The van der Waals surface area contributed by atoms with Gasteiger partial charge in [-0.2, -0.15) is 0 Å². The van der Waals surface area contributed by atoms with Crippen LogP contribution in [0.25, 0.3) is 39.3 Å². The zero-order chi connectivity index (χ0) is 23.8. The molecule has 0 saturated carbocycles. The highest BCUT2D eigenvalue weighted by Gasteiger charge is 2.16. The van der Waals surface area contributed by atoms with Crippen molar-refractivity contribution < 1.29 is 0 Å². The number of hydrogen-bond acceptors (Lipinski definition) is 3. The van der Waals surface area contributed by atoms with Crippen LogP contribution in [0.15, 0.2) is 115 Å². The molecule has 0 spiro atoms. The van der Waals surface area contributed by atoms with Crippen LogP contribution in [0.5, 0.6) is 0 Å². The molecular weight excluding hydrogens is 428 g/mol. The fourth-order valence-electron chi connectivity index (χ4n) is 4.67. The van der Waals surface area contributed by atoms with E-state index in [1.54, 1.807) is 6.20 Å². The Labute approximate surface area is 204 Å². The van der Waals surface area contributed by atoms with Crippen molar-refractivity contribution in [2.45, 2.75) is 13.3 Å². The first-order valence-electron chi connectivity index (χ1n) is 11.7. The molecule has 1 aromatic carbocycles. The van der Waals surface area contributed by atoms with Crippen LogP contribution in [0.3, 0.4) is 0 Å². The normalized spacial score (nSPS) is 16.7. The lowest BCUT2D eigenvalue weighted by Gasteiger charge is -2.13. The number of benzene rings is 1. The average Bonchev–Trinajstić information content (AvgIpc) is 3.02. The van der Waals surface area contributed by atoms with Gasteiger partial charge in [-0.3, -0.25) is 14.5 Å². The lowest BCUT2D eigenvalue weighted by atomic mass is 9.97. The van der Waals surface area contributed by atoms with E-state index in [0.717, 1.165) is 56.6 Å². The van der Waals surface area contributed by atoms with Gasteiger partial charge in [0.15, 0.2) is 0 Å². The second kappa shape index (κ2) is 8.65. The summed E-state index contributed by atoms with van der Waals surface area (Å²) in [5.41, 5.74) is 9.13. The lowest BCUT2D eigenvalue weighted by Crippen LogP contribution is -2.10. The van der Waals surface area contributed by atoms with Crippen LogP contribution < -0.4 is 0 Å². The SMILES string of the molecule is C=C1C=Cc2cccnc2/C1=N/C=C(\C)c1ccc2c(c1)c1cccnc1n2C1=CC=CC=CC1. The summed E-state index contributed by atoms with van der Waals surface area (Å²) in [5, 5.41) is 2.33. The molecule has 0 atom stereocenters. The quantitative estimate of drug-likeness (QED) is 0.326. The summed E-state index contributed by atoms with van der Waals surface area (Å²) >= 11 is 0. The van der Waals surface area contributed by atoms with E-state index >= 15 is 0 Å². The van der Waals surface area contributed by atoms with Crippen molar-refractivity contribution in [3.8, 4) is 0 Å². The summed E-state index contributed by atoms with van der Waals surface area (Å²) in [4.78, 5) is 14.1. The molecule has 2 aliphatic carbocycles. The Morgan fingerprint density at radius 2 is 1.89 bits per heavy atom. The van der Waals surface area contributed by atoms with Crippen LogP contribution in [0.4, 0.5) is 0 Å². The summed E-state index contributed by atoms with van der Waals surface area (Å²) in [6.07, 6.45) is 21.0. The van der Waals surface area contributed by atoms with E-state index in [0.29, 0.717) is 0 Å². The van der Waals surface area contributed by atoms with Crippen LogP contribution in [0, 0.1) is 0 Å². The lowest BCUT2D eigenvalue weighted by molar-refractivity contribution is 1.11. The molecule has 35 heavy (non-hydrogen) atoms. The smallest absolute Gasteiger partial charge is 0.145 e. The van der Waals surface area contributed by atoms with E-state index in [-0.39, 0.29) is 0 Å². The fraction of sp³-hybridized carbons (Fsp3) is 0.0645. The van der Waals surface area contributed by atoms with E-state index < -0.39 is 0 Å². The molecule has 0 N–H and O–H groups in total. The number of nitrogens with zero attached hydrogens (tertiary/aromatic N) is 4. The Balaban J connectivity index is 1.46. The molecule has 4 heteroatoms. The largest absolute Gasteiger partial charge is 0.297 e. The molecule has 0 radical (unpaired) electrons. The standard InChI is InChI=1S/C31H24N4/c1-21-13-14-23-9-7-17-32-30(23)29(21)34-20-22(2)24-15-16-28-27(19-24)26-12-8-18-33-31(26)35(28)25-10-5-3-4-6-11-25/h3-10,12-20H,1,11H2,2H3/b22-20+,34-29+. The van der Waals surface area contributed by atoms with Gasteiger partial charge in [-0.1, -0.05) is 55.2 Å². The number of pyridine rings is 2. The predicted octanol–water partition coefficient (Wildman–Crippen LogP) is 7.37. The van der Waals surface area contributed by atoms with Gasteiger partial charge < -0.3 is 0 Å². The number of aliphatic imine (C=N–C) groups is 1. The molecule has 3 aromatic heterocycles. The highest BCUT2D eigenvalue weighted by Crippen LogP contribution is 2.34. The molecule has 168 valence electrons. The van der Waals surface area contributed by atoms with Gasteiger partial charge in [-0.25, -0.2) is 4.98 Å². The zero-order valence-corrected chi connectivity index (χ0v) is 19.5. The topological polar surface area (TPSA) is 43.1 Å². The van der Waals surface area contributed by atoms with Crippen molar-refractivity contribution in [3.05, 3.63) is 126 Å². The Hall–Kier alpha value is -4.57. The highest BCUT2D eigenvalue weighted by atomic mass is 15.0. The predicted molar refractivity (Wildman–Crippen MR) is 147 cm³/mol. The minimum absolute atomic E-state index is 0.811. The van der Waals surface area contributed by atoms with Gasteiger partial charge >= 0.3 is 0 Å². The van der Waals surface area contributed by atoms with Gasteiger partial charge in [0.1, 0.15) is 5.65 Å². The second-order valence-corrected chi connectivity index (χ2v) is 8.71. The molecule has 0 fully saturated rings. The van der Waals surface area contributed by atoms with Gasteiger partial charge in [0.25, 0.3) is 0 Å². The molecule has 0 unspecified atom stereocenters. The summed E-state index contributed by atoms with van der Waals surface area (Å²) in [7, 11) is 0. The summed E-state index contributed by atoms with van der Waals surface area (Å²) in [6, 6.07) is 14.7. The van der Waals surface area contributed by atoms with Gasteiger partial charge in [-0.15, -0.1) is 0 Å².